The molecule has 288 valence electrons. The minimum atomic E-state index is -2.81. The Balaban J connectivity index is 1.18. The van der Waals surface area contributed by atoms with Crippen molar-refractivity contribution in [3.63, 3.8) is 0 Å². The number of nitrogens with zero attached hydrogens (tertiary/aromatic N) is 2. The lowest BCUT2D eigenvalue weighted by molar-refractivity contribution is 0.591. The number of para-hydroxylation sites is 4. The van der Waals surface area contributed by atoms with Crippen molar-refractivity contribution in [1.29, 1.82) is 0 Å². The Morgan fingerprint density at radius 1 is 0.317 bits per heavy atom. The normalized spacial score (nSPS) is 13.5. The lowest BCUT2D eigenvalue weighted by Crippen LogP contribution is -2.10. The van der Waals surface area contributed by atoms with Gasteiger partial charge in [-0.25, -0.2) is 0 Å². The van der Waals surface area contributed by atoms with Crippen LogP contribution in [0.3, 0.4) is 0 Å². The summed E-state index contributed by atoms with van der Waals surface area (Å²) in [5, 5.41) is 5.64. The summed E-state index contributed by atoms with van der Waals surface area (Å²) in [5.41, 5.74) is 8.23. The van der Waals surface area contributed by atoms with Gasteiger partial charge in [-0.2, -0.15) is 0 Å². The van der Waals surface area contributed by atoms with E-state index in [9.17, 15) is 0 Å². The smallest absolute Gasteiger partial charge is 0.0462 e. The van der Waals surface area contributed by atoms with Crippen molar-refractivity contribution >= 4 is 66.4 Å². The van der Waals surface area contributed by atoms with Crippen molar-refractivity contribution in [2.24, 2.45) is 0 Å². The molecule has 10 aromatic rings. The molecule has 0 unspecified atom stereocenters. The number of hydrogen-bond acceptors (Lipinski definition) is 2. The third-order valence-corrected chi connectivity index (χ3v) is 11.5. The maximum Gasteiger partial charge on any atom is 0.0462 e. The first-order valence-corrected chi connectivity index (χ1v) is 20.3. The minimum Gasteiger partial charge on any atom is -0.311 e. The SMILES string of the molecule is [2H]C([2H])([2H])C(C)(c1ccc2c(-c3ccc(N(c4ccccc4)c4ccccc4)cc3)cc3c4ccccc4c(-c4ccc(N(c5ccccc5)c5ccccc5)cc4)cc3c2c1)C([2H])([2H])[2H]. The van der Waals surface area contributed by atoms with Gasteiger partial charge in [-0.15, -0.1) is 0 Å². The van der Waals surface area contributed by atoms with Crippen LogP contribution in [0.5, 0.6) is 0 Å². The third kappa shape index (κ3) is 6.86. The molecule has 10 aromatic carbocycles. The van der Waals surface area contributed by atoms with Crippen LogP contribution in [0.2, 0.25) is 0 Å². The van der Waals surface area contributed by atoms with Crippen molar-refractivity contribution in [3.8, 4) is 22.3 Å². The van der Waals surface area contributed by atoms with Crippen LogP contribution in [-0.4, -0.2) is 0 Å². The lowest BCUT2D eigenvalue weighted by atomic mass is 9.82. The van der Waals surface area contributed by atoms with Crippen LogP contribution in [0, 0.1) is 0 Å². The minimum absolute atomic E-state index is 0.242. The topological polar surface area (TPSA) is 6.48 Å². The first-order valence-electron chi connectivity index (χ1n) is 23.3. The molecule has 0 amide bonds. The molecule has 0 spiro atoms. The fraction of sp³-hybridized carbons (Fsp3) is 0.0690. The number of hydrogen-bond donors (Lipinski definition) is 0. The molecule has 0 aromatic heterocycles. The third-order valence-electron chi connectivity index (χ3n) is 11.5. The molecule has 0 bridgehead atoms. The Labute approximate surface area is 361 Å². The highest BCUT2D eigenvalue weighted by atomic mass is 15.1. The van der Waals surface area contributed by atoms with E-state index in [0.29, 0.717) is 0 Å². The number of anilines is 6. The van der Waals surface area contributed by atoms with Gasteiger partial charge in [-0.3, -0.25) is 0 Å². The zero-order valence-corrected chi connectivity index (χ0v) is 33.3. The summed E-state index contributed by atoms with van der Waals surface area (Å²) in [6.45, 7) is -4.28. The molecule has 0 fully saturated rings. The zero-order valence-electron chi connectivity index (χ0n) is 39.3. The number of fused-ring (bicyclic) bond motifs is 5. The Kier molecular flexibility index (Phi) is 7.86. The average molecular weight is 777 g/mol. The standard InChI is InChI=1S/C58H46N2/c1-58(2,3)43-32-37-52-54(42-30-35-49(36-31-42)60(46-22-12-6-13-23-46)47-24-14-7-15-25-47)39-56-51-27-17-16-26-50(51)53(40-57(56)55(52)38-43)41-28-33-48(34-29-41)59(44-18-8-4-9-19-44)45-20-10-5-11-21-45/h4-40H,1-3H3/i1D3,2D3. The predicted molar refractivity (Wildman–Crippen MR) is 258 cm³/mol. The van der Waals surface area contributed by atoms with Crippen LogP contribution >= 0.6 is 0 Å². The second-order valence-electron chi connectivity index (χ2n) is 15.5. The molecule has 0 saturated heterocycles. The van der Waals surface area contributed by atoms with E-state index in [1.165, 1.54) is 6.92 Å². The highest BCUT2D eigenvalue weighted by Gasteiger charge is 2.20. The molecule has 0 heterocycles. The van der Waals surface area contributed by atoms with Gasteiger partial charge in [0.2, 0.25) is 0 Å². The Bertz CT molecular complexity index is 3220. The van der Waals surface area contributed by atoms with Gasteiger partial charge in [0.05, 0.1) is 0 Å². The summed E-state index contributed by atoms with van der Waals surface area (Å²) >= 11 is 0. The largest absolute Gasteiger partial charge is 0.311 e. The average Bonchev–Trinajstić information content (AvgIpc) is 3.34. The van der Waals surface area contributed by atoms with Gasteiger partial charge in [-0.05, 0) is 157 Å². The molecular weight excluding hydrogens is 725 g/mol. The van der Waals surface area contributed by atoms with Crippen molar-refractivity contribution in [1.82, 2.24) is 0 Å². The van der Waals surface area contributed by atoms with Gasteiger partial charge >= 0.3 is 0 Å². The summed E-state index contributed by atoms with van der Waals surface area (Å²) < 4.78 is 51.5. The Morgan fingerprint density at radius 3 is 1.07 bits per heavy atom. The van der Waals surface area contributed by atoms with E-state index >= 15 is 0 Å². The van der Waals surface area contributed by atoms with Crippen LogP contribution in [0.1, 0.15) is 34.4 Å². The lowest BCUT2D eigenvalue weighted by Gasteiger charge is -2.26. The summed E-state index contributed by atoms with van der Waals surface area (Å²) in [7, 11) is 0. The van der Waals surface area contributed by atoms with Crippen LogP contribution in [0.15, 0.2) is 224 Å². The first kappa shape index (κ1) is 30.6. The summed E-state index contributed by atoms with van der Waals surface area (Å²) in [6.07, 6.45) is 0. The van der Waals surface area contributed by atoms with Gasteiger partial charge in [0.1, 0.15) is 0 Å². The van der Waals surface area contributed by atoms with E-state index in [0.717, 1.165) is 88.7 Å². The highest BCUT2D eigenvalue weighted by Crippen LogP contribution is 2.45. The Hall–Kier alpha value is -7.42. The highest BCUT2D eigenvalue weighted by molar-refractivity contribution is 6.24. The maximum atomic E-state index is 8.58. The van der Waals surface area contributed by atoms with Crippen molar-refractivity contribution in [2.45, 2.75) is 26.0 Å². The molecule has 2 nitrogen and oxygen atoms in total. The van der Waals surface area contributed by atoms with E-state index < -0.39 is 19.1 Å². The van der Waals surface area contributed by atoms with E-state index in [2.05, 4.69) is 137 Å². The molecule has 0 radical (unpaired) electrons. The number of benzene rings is 10. The molecule has 0 saturated carbocycles. The van der Waals surface area contributed by atoms with Gasteiger partial charge < -0.3 is 9.80 Å². The summed E-state index contributed by atoms with van der Waals surface area (Å²) in [5.74, 6) is 0. The number of rotatable bonds is 8. The molecule has 0 atom stereocenters. The van der Waals surface area contributed by atoms with Gasteiger partial charge in [-0.1, -0.05) is 154 Å². The van der Waals surface area contributed by atoms with Gasteiger partial charge in [0.15, 0.2) is 0 Å². The van der Waals surface area contributed by atoms with Gasteiger partial charge in [0.25, 0.3) is 0 Å². The van der Waals surface area contributed by atoms with E-state index in [1.807, 2.05) is 91.0 Å². The first-order chi connectivity index (χ1) is 31.9. The Morgan fingerprint density at radius 2 is 0.650 bits per heavy atom. The molecule has 0 aliphatic rings. The van der Waals surface area contributed by atoms with E-state index in [4.69, 9.17) is 8.22 Å². The predicted octanol–water partition coefficient (Wildman–Crippen LogP) is 16.7. The van der Waals surface area contributed by atoms with Crippen molar-refractivity contribution in [3.05, 3.63) is 230 Å². The fourth-order valence-corrected chi connectivity index (χ4v) is 8.57. The summed E-state index contributed by atoms with van der Waals surface area (Å²) in [6, 6.07) is 76.5. The zero-order chi connectivity index (χ0) is 45.6. The van der Waals surface area contributed by atoms with Crippen molar-refractivity contribution in [2.75, 3.05) is 9.80 Å². The van der Waals surface area contributed by atoms with Crippen LogP contribution in [-0.2, 0) is 5.41 Å². The van der Waals surface area contributed by atoms with Crippen LogP contribution in [0.4, 0.5) is 34.1 Å². The maximum absolute atomic E-state index is 8.58. The second kappa shape index (κ2) is 15.4. The fourth-order valence-electron chi connectivity index (χ4n) is 8.57. The molecule has 2 heteroatoms. The molecular formula is C58H46N2. The summed E-state index contributed by atoms with van der Waals surface area (Å²) in [4.78, 5) is 4.46. The van der Waals surface area contributed by atoms with E-state index in [-0.39, 0.29) is 5.56 Å². The van der Waals surface area contributed by atoms with Crippen molar-refractivity contribution < 1.29 is 8.22 Å². The van der Waals surface area contributed by atoms with E-state index in [1.54, 1.807) is 6.07 Å². The molecule has 10 rings (SSSR count). The molecule has 0 aliphatic carbocycles. The molecule has 0 N–H and O–H groups in total. The quantitative estimate of drug-likeness (QED) is 0.142. The van der Waals surface area contributed by atoms with Crippen LogP contribution < -0.4 is 9.80 Å². The van der Waals surface area contributed by atoms with Gasteiger partial charge in [0, 0.05) is 42.3 Å². The second-order valence-corrected chi connectivity index (χ2v) is 15.5. The molecule has 60 heavy (non-hydrogen) atoms. The molecule has 0 aliphatic heterocycles. The van der Waals surface area contributed by atoms with Crippen LogP contribution in [0.25, 0.3) is 54.6 Å². The monoisotopic (exact) mass is 776 g/mol.